The Morgan fingerprint density at radius 3 is 2.28 bits per heavy atom. The van der Waals surface area contributed by atoms with Gasteiger partial charge in [0.25, 0.3) is 0 Å². The number of hydrogen-bond acceptors (Lipinski definition) is 5. The molecule has 130 valence electrons. The summed E-state index contributed by atoms with van der Waals surface area (Å²) in [6, 6.07) is 15.9. The van der Waals surface area contributed by atoms with Gasteiger partial charge in [0.05, 0.1) is 25.9 Å². The van der Waals surface area contributed by atoms with Gasteiger partial charge in [-0.1, -0.05) is 0 Å². The van der Waals surface area contributed by atoms with Crippen molar-refractivity contribution < 1.29 is 9.47 Å². The van der Waals surface area contributed by atoms with Crippen LogP contribution in [0.25, 0.3) is 0 Å². The number of nitriles is 1. The lowest BCUT2D eigenvalue weighted by Crippen LogP contribution is -2.46. The highest BCUT2D eigenvalue weighted by molar-refractivity contribution is 5.50. The third-order valence-corrected chi connectivity index (χ3v) is 4.62. The van der Waals surface area contributed by atoms with E-state index in [0.29, 0.717) is 5.56 Å². The molecule has 0 bridgehead atoms. The molecule has 3 rings (SSSR count). The molecule has 5 nitrogen and oxygen atoms in total. The first-order valence-corrected chi connectivity index (χ1v) is 8.42. The minimum absolute atomic E-state index is 0.701. The number of ether oxygens (including phenoxy) is 2. The molecule has 0 radical (unpaired) electrons. The van der Waals surface area contributed by atoms with Gasteiger partial charge in [0.15, 0.2) is 0 Å². The lowest BCUT2D eigenvalue weighted by atomic mass is 10.1. The minimum Gasteiger partial charge on any atom is -0.497 e. The van der Waals surface area contributed by atoms with E-state index in [1.54, 1.807) is 14.2 Å². The summed E-state index contributed by atoms with van der Waals surface area (Å²) in [7, 11) is 3.39. The van der Waals surface area contributed by atoms with E-state index >= 15 is 0 Å². The van der Waals surface area contributed by atoms with E-state index in [1.165, 1.54) is 5.69 Å². The number of rotatable bonds is 5. The molecular weight excluding hydrogens is 314 g/mol. The minimum atomic E-state index is 0.701. The van der Waals surface area contributed by atoms with Crippen molar-refractivity contribution in [3.8, 4) is 17.6 Å². The fraction of sp³-hybridized carbons (Fsp3) is 0.350. The molecule has 2 aromatic rings. The average molecular weight is 337 g/mol. The first-order valence-electron chi connectivity index (χ1n) is 8.42. The SMILES string of the molecule is COc1ccc(OC)c(CN2CCN(c3ccc(C#N)cc3)CC2)c1. The first kappa shape index (κ1) is 17.1. The Balaban J connectivity index is 1.62. The molecule has 1 heterocycles. The Bertz CT molecular complexity index is 745. The van der Waals surface area contributed by atoms with Crippen LogP contribution in [0.5, 0.6) is 11.5 Å². The molecule has 1 aliphatic heterocycles. The quantitative estimate of drug-likeness (QED) is 0.840. The summed E-state index contributed by atoms with van der Waals surface area (Å²) in [4.78, 5) is 4.79. The maximum Gasteiger partial charge on any atom is 0.123 e. The van der Waals surface area contributed by atoms with Crippen LogP contribution < -0.4 is 14.4 Å². The maximum absolute atomic E-state index is 8.90. The summed E-state index contributed by atoms with van der Waals surface area (Å²) in [5.74, 6) is 1.75. The lowest BCUT2D eigenvalue weighted by Gasteiger charge is -2.36. The van der Waals surface area contributed by atoms with Crippen molar-refractivity contribution in [3.63, 3.8) is 0 Å². The lowest BCUT2D eigenvalue weighted by molar-refractivity contribution is 0.245. The molecule has 0 atom stereocenters. The Hall–Kier alpha value is -2.71. The van der Waals surface area contributed by atoms with Crippen molar-refractivity contribution in [1.82, 2.24) is 4.90 Å². The topological polar surface area (TPSA) is 48.7 Å². The van der Waals surface area contributed by atoms with Crippen LogP contribution in [0.1, 0.15) is 11.1 Å². The third kappa shape index (κ3) is 4.04. The van der Waals surface area contributed by atoms with E-state index in [9.17, 15) is 0 Å². The van der Waals surface area contributed by atoms with Crippen LogP contribution in [0, 0.1) is 11.3 Å². The van der Waals surface area contributed by atoms with Crippen molar-refractivity contribution in [2.75, 3.05) is 45.3 Å². The Morgan fingerprint density at radius 1 is 0.960 bits per heavy atom. The van der Waals surface area contributed by atoms with Gasteiger partial charge in [-0.05, 0) is 42.5 Å². The van der Waals surface area contributed by atoms with Crippen LogP contribution in [0.15, 0.2) is 42.5 Å². The van der Waals surface area contributed by atoms with Crippen molar-refractivity contribution >= 4 is 5.69 Å². The van der Waals surface area contributed by atoms with Gasteiger partial charge in [-0.25, -0.2) is 0 Å². The highest BCUT2D eigenvalue weighted by atomic mass is 16.5. The van der Waals surface area contributed by atoms with Crippen LogP contribution in [0.2, 0.25) is 0 Å². The smallest absolute Gasteiger partial charge is 0.123 e. The predicted molar refractivity (Wildman–Crippen MR) is 98.2 cm³/mol. The van der Waals surface area contributed by atoms with Gasteiger partial charge in [0.2, 0.25) is 0 Å². The van der Waals surface area contributed by atoms with Crippen LogP contribution in [-0.2, 0) is 6.54 Å². The Morgan fingerprint density at radius 2 is 1.68 bits per heavy atom. The van der Waals surface area contributed by atoms with Gasteiger partial charge in [0.1, 0.15) is 11.5 Å². The zero-order chi connectivity index (χ0) is 17.6. The molecule has 0 aliphatic carbocycles. The van der Waals surface area contributed by atoms with Crippen molar-refractivity contribution in [1.29, 1.82) is 5.26 Å². The highest BCUT2D eigenvalue weighted by Gasteiger charge is 2.19. The van der Waals surface area contributed by atoms with E-state index in [4.69, 9.17) is 14.7 Å². The van der Waals surface area contributed by atoms with Crippen molar-refractivity contribution in [2.45, 2.75) is 6.54 Å². The maximum atomic E-state index is 8.90. The summed E-state index contributed by atoms with van der Waals surface area (Å²) in [6.45, 7) is 4.76. The molecule has 2 aromatic carbocycles. The summed E-state index contributed by atoms with van der Waals surface area (Å²) < 4.78 is 10.8. The van der Waals surface area contributed by atoms with Gasteiger partial charge in [-0.3, -0.25) is 4.90 Å². The first-order chi connectivity index (χ1) is 12.2. The average Bonchev–Trinajstić information content (AvgIpc) is 2.68. The van der Waals surface area contributed by atoms with E-state index in [-0.39, 0.29) is 0 Å². The number of anilines is 1. The van der Waals surface area contributed by atoms with E-state index < -0.39 is 0 Å². The highest BCUT2D eigenvalue weighted by Crippen LogP contribution is 2.26. The number of methoxy groups -OCH3 is 2. The largest absolute Gasteiger partial charge is 0.497 e. The molecule has 0 aromatic heterocycles. The Kier molecular flexibility index (Phi) is 5.42. The number of nitrogens with zero attached hydrogens (tertiary/aromatic N) is 3. The molecule has 5 heteroatoms. The predicted octanol–water partition coefficient (Wildman–Crippen LogP) is 2.90. The van der Waals surface area contributed by atoms with Gasteiger partial charge in [-0.2, -0.15) is 5.26 Å². The van der Waals surface area contributed by atoms with Crippen molar-refractivity contribution in [3.05, 3.63) is 53.6 Å². The van der Waals surface area contributed by atoms with E-state index in [0.717, 1.165) is 49.8 Å². The molecule has 0 amide bonds. The second-order valence-corrected chi connectivity index (χ2v) is 6.10. The zero-order valence-corrected chi connectivity index (χ0v) is 14.7. The molecule has 0 spiro atoms. The monoisotopic (exact) mass is 337 g/mol. The summed E-state index contributed by atoms with van der Waals surface area (Å²) >= 11 is 0. The second kappa shape index (κ2) is 7.91. The van der Waals surface area contributed by atoms with Crippen molar-refractivity contribution in [2.24, 2.45) is 0 Å². The zero-order valence-electron chi connectivity index (χ0n) is 14.7. The van der Waals surface area contributed by atoms with Gasteiger partial charge < -0.3 is 14.4 Å². The molecular formula is C20H23N3O2. The Labute approximate surface area is 149 Å². The van der Waals surface area contributed by atoms with Gasteiger partial charge in [-0.15, -0.1) is 0 Å². The van der Waals surface area contributed by atoms with Crippen LogP contribution in [0.3, 0.4) is 0 Å². The van der Waals surface area contributed by atoms with Crippen LogP contribution in [-0.4, -0.2) is 45.3 Å². The molecule has 1 aliphatic rings. The molecule has 1 fully saturated rings. The number of piperazine rings is 1. The summed E-state index contributed by atoms with van der Waals surface area (Å²) in [5.41, 5.74) is 3.03. The third-order valence-electron chi connectivity index (χ3n) is 4.62. The molecule has 0 unspecified atom stereocenters. The summed E-state index contributed by atoms with van der Waals surface area (Å²) in [6.07, 6.45) is 0. The van der Waals surface area contributed by atoms with E-state index in [1.807, 2.05) is 42.5 Å². The van der Waals surface area contributed by atoms with E-state index in [2.05, 4.69) is 15.9 Å². The van der Waals surface area contributed by atoms with Gasteiger partial charge >= 0.3 is 0 Å². The second-order valence-electron chi connectivity index (χ2n) is 6.10. The normalized spacial score (nSPS) is 14.8. The fourth-order valence-electron chi connectivity index (χ4n) is 3.16. The molecule has 0 N–H and O–H groups in total. The number of hydrogen-bond donors (Lipinski definition) is 0. The van der Waals surface area contributed by atoms with Gasteiger partial charge in [0, 0.05) is 44.0 Å². The number of benzene rings is 2. The fourth-order valence-corrected chi connectivity index (χ4v) is 3.16. The molecule has 0 saturated carbocycles. The van der Waals surface area contributed by atoms with Crippen LogP contribution >= 0.6 is 0 Å². The molecule has 1 saturated heterocycles. The van der Waals surface area contributed by atoms with Crippen LogP contribution in [0.4, 0.5) is 5.69 Å². The molecule has 25 heavy (non-hydrogen) atoms. The summed E-state index contributed by atoms with van der Waals surface area (Å²) in [5, 5.41) is 8.90. The standard InChI is InChI=1S/C20H23N3O2/c1-24-19-7-8-20(25-2)17(13-19)15-22-9-11-23(12-10-22)18-5-3-16(14-21)4-6-18/h3-8,13H,9-12,15H2,1-2H3.